The van der Waals surface area contributed by atoms with Crippen LogP contribution in [0.15, 0.2) is 43.6 Å². The van der Waals surface area contributed by atoms with Crippen molar-refractivity contribution >= 4 is 11.8 Å². The Bertz CT molecular complexity index is 641. The summed E-state index contributed by atoms with van der Waals surface area (Å²) in [6.07, 6.45) is 0. The van der Waals surface area contributed by atoms with Crippen LogP contribution in [0.3, 0.4) is 0 Å². The Kier molecular flexibility index (Phi) is 3.19. The molecule has 0 bridgehead atoms. The lowest BCUT2D eigenvalue weighted by molar-refractivity contribution is 0.929. The molecule has 1 aromatic carbocycles. The molecule has 0 aliphatic carbocycles. The van der Waals surface area contributed by atoms with Crippen LogP contribution >= 0.6 is 11.8 Å². The highest BCUT2D eigenvalue weighted by molar-refractivity contribution is 7.99. The van der Waals surface area contributed by atoms with E-state index in [1.54, 1.807) is 6.92 Å². The first kappa shape index (κ1) is 11.7. The number of aromatic amines is 2. The Morgan fingerprint density at radius 3 is 2.24 bits per heavy atom. The smallest absolute Gasteiger partial charge is 0.310 e. The van der Waals surface area contributed by atoms with Crippen molar-refractivity contribution in [1.82, 2.24) is 9.97 Å². The lowest BCUT2D eigenvalue weighted by Gasteiger charge is -2.03. The standard InChI is InChI=1S/C12H12N2O2S/c1-7-3-5-9(6-4-7)17-10-8(2)13-12(16)14-11(10)15/h3-6H,1-2H3,(H2,13,14,15,16). The molecule has 5 heteroatoms. The van der Waals surface area contributed by atoms with Gasteiger partial charge < -0.3 is 4.98 Å². The van der Waals surface area contributed by atoms with Crippen LogP contribution in [0.5, 0.6) is 0 Å². The van der Waals surface area contributed by atoms with E-state index in [2.05, 4.69) is 9.97 Å². The predicted molar refractivity (Wildman–Crippen MR) is 67.7 cm³/mol. The highest BCUT2D eigenvalue weighted by Crippen LogP contribution is 2.26. The molecule has 0 aliphatic heterocycles. The summed E-state index contributed by atoms with van der Waals surface area (Å²) >= 11 is 1.34. The zero-order valence-corrected chi connectivity index (χ0v) is 10.4. The molecule has 0 aliphatic rings. The molecule has 0 unspecified atom stereocenters. The van der Waals surface area contributed by atoms with Crippen LogP contribution in [0.25, 0.3) is 0 Å². The quantitative estimate of drug-likeness (QED) is 0.852. The largest absolute Gasteiger partial charge is 0.325 e. The molecule has 0 amide bonds. The van der Waals surface area contributed by atoms with E-state index in [1.807, 2.05) is 31.2 Å². The molecule has 88 valence electrons. The Labute approximate surface area is 102 Å². The van der Waals surface area contributed by atoms with Gasteiger partial charge in [0.25, 0.3) is 5.56 Å². The predicted octanol–water partition coefficient (Wildman–Crippen LogP) is 1.83. The van der Waals surface area contributed by atoms with Crippen molar-refractivity contribution in [2.75, 3.05) is 0 Å². The van der Waals surface area contributed by atoms with Crippen molar-refractivity contribution < 1.29 is 0 Å². The maximum atomic E-state index is 11.6. The zero-order chi connectivity index (χ0) is 12.4. The molecule has 4 nitrogen and oxygen atoms in total. The lowest BCUT2D eigenvalue weighted by atomic mass is 10.2. The van der Waals surface area contributed by atoms with Crippen LogP contribution in [0.2, 0.25) is 0 Å². The van der Waals surface area contributed by atoms with E-state index in [4.69, 9.17) is 0 Å². The van der Waals surface area contributed by atoms with Crippen molar-refractivity contribution in [2.45, 2.75) is 23.6 Å². The van der Waals surface area contributed by atoms with E-state index in [0.717, 1.165) is 4.90 Å². The summed E-state index contributed by atoms with van der Waals surface area (Å²) in [5.41, 5.74) is 0.934. The van der Waals surface area contributed by atoms with Crippen LogP contribution in [0.1, 0.15) is 11.3 Å². The van der Waals surface area contributed by atoms with Gasteiger partial charge in [-0.2, -0.15) is 0 Å². The molecule has 2 N–H and O–H groups in total. The first-order valence-corrected chi connectivity index (χ1v) is 5.95. The number of H-pyrrole nitrogens is 2. The number of nitrogens with one attached hydrogen (secondary N) is 2. The van der Waals surface area contributed by atoms with Gasteiger partial charge in [0.1, 0.15) is 0 Å². The van der Waals surface area contributed by atoms with Gasteiger partial charge in [0.2, 0.25) is 0 Å². The molecule has 0 saturated carbocycles. The number of aromatic nitrogens is 2. The van der Waals surface area contributed by atoms with Gasteiger partial charge in [-0.15, -0.1) is 0 Å². The number of hydrogen-bond donors (Lipinski definition) is 2. The SMILES string of the molecule is Cc1ccc(Sc2c(C)[nH]c(=O)[nH]c2=O)cc1. The van der Waals surface area contributed by atoms with Gasteiger partial charge in [-0.1, -0.05) is 29.5 Å². The van der Waals surface area contributed by atoms with Crippen LogP contribution < -0.4 is 11.2 Å². The van der Waals surface area contributed by atoms with Crippen LogP contribution in [-0.2, 0) is 0 Å². The molecule has 0 radical (unpaired) electrons. The molecule has 17 heavy (non-hydrogen) atoms. The second-order valence-corrected chi connectivity index (χ2v) is 4.86. The number of benzene rings is 1. The Hall–Kier alpha value is -1.75. The fourth-order valence-electron chi connectivity index (χ4n) is 1.44. The van der Waals surface area contributed by atoms with Crippen LogP contribution in [-0.4, -0.2) is 9.97 Å². The van der Waals surface area contributed by atoms with Gasteiger partial charge >= 0.3 is 5.69 Å². The summed E-state index contributed by atoms with van der Waals surface area (Å²) in [7, 11) is 0. The molecular formula is C12H12N2O2S. The summed E-state index contributed by atoms with van der Waals surface area (Å²) in [5.74, 6) is 0. The minimum absolute atomic E-state index is 0.350. The van der Waals surface area contributed by atoms with Gasteiger partial charge in [-0.25, -0.2) is 4.79 Å². The Morgan fingerprint density at radius 1 is 1.00 bits per heavy atom. The van der Waals surface area contributed by atoms with Gasteiger partial charge in [0.15, 0.2) is 0 Å². The number of hydrogen-bond acceptors (Lipinski definition) is 3. The third-order valence-corrected chi connectivity index (χ3v) is 3.52. The zero-order valence-electron chi connectivity index (χ0n) is 9.53. The van der Waals surface area contributed by atoms with Gasteiger partial charge in [0, 0.05) is 10.6 Å². The van der Waals surface area contributed by atoms with Gasteiger partial charge in [-0.3, -0.25) is 9.78 Å². The second kappa shape index (κ2) is 4.63. The monoisotopic (exact) mass is 248 g/mol. The van der Waals surface area contributed by atoms with Gasteiger partial charge in [0.05, 0.1) is 4.90 Å². The van der Waals surface area contributed by atoms with Crippen LogP contribution in [0.4, 0.5) is 0 Å². The lowest BCUT2D eigenvalue weighted by Crippen LogP contribution is -2.24. The summed E-state index contributed by atoms with van der Waals surface area (Å²) in [6, 6.07) is 7.86. The van der Waals surface area contributed by atoms with Crippen molar-refractivity contribution in [3.05, 3.63) is 56.4 Å². The molecule has 2 rings (SSSR count). The summed E-state index contributed by atoms with van der Waals surface area (Å²) in [4.78, 5) is 29.0. The Morgan fingerprint density at radius 2 is 1.65 bits per heavy atom. The summed E-state index contributed by atoms with van der Waals surface area (Å²) in [6.45, 7) is 3.72. The fraction of sp³-hybridized carbons (Fsp3) is 0.167. The normalized spacial score (nSPS) is 10.5. The van der Waals surface area contributed by atoms with E-state index < -0.39 is 5.69 Å². The van der Waals surface area contributed by atoms with Crippen molar-refractivity contribution in [3.63, 3.8) is 0 Å². The van der Waals surface area contributed by atoms with Crippen molar-refractivity contribution in [1.29, 1.82) is 0 Å². The van der Waals surface area contributed by atoms with Gasteiger partial charge in [-0.05, 0) is 26.0 Å². The van der Waals surface area contributed by atoms with E-state index in [-0.39, 0.29) is 5.56 Å². The average molecular weight is 248 g/mol. The molecule has 2 aromatic rings. The highest BCUT2D eigenvalue weighted by Gasteiger charge is 2.07. The van der Waals surface area contributed by atoms with Crippen molar-refractivity contribution in [3.8, 4) is 0 Å². The highest BCUT2D eigenvalue weighted by atomic mass is 32.2. The fourth-order valence-corrected chi connectivity index (χ4v) is 2.29. The number of aryl methyl sites for hydroxylation is 2. The first-order valence-electron chi connectivity index (χ1n) is 5.14. The van der Waals surface area contributed by atoms with E-state index in [1.165, 1.54) is 17.3 Å². The van der Waals surface area contributed by atoms with E-state index in [9.17, 15) is 9.59 Å². The third-order valence-electron chi connectivity index (χ3n) is 2.32. The maximum Gasteiger partial charge on any atom is 0.325 e. The number of rotatable bonds is 2. The minimum Gasteiger partial charge on any atom is -0.310 e. The minimum atomic E-state index is -0.472. The molecule has 0 spiro atoms. The van der Waals surface area contributed by atoms with E-state index in [0.29, 0.717) is 10.6 Å². The molecule has 0 atom stereocenters. The van der Waals surface area contributed by atoms with Crippen LogP contribution in [0, 0.1) is 13.8 Å². The summed E-state index contributed by atoms with van der Waals surface area (Å²) < 4.78 is 0. The molecule has 1 aromatic heterocycles. The second-order valence-electron chi connectivity index (χ2n) is 3.78. The first-order chi connectivity index (χ1) is 8.06. The average Bonchev–Trinajstić information content (AvgIpc) is 2.26. The Balaban J connectivity index is 2.40. The summed E-state index contributed by atoms with van der Waals surface area (Å²) in [5, 5.41) is 0. The molecule has 1 heterocycles. The molecule has 0 fully saturated rings. The van der Waals surface area contributed by atoms with Crippen molar-refractivity contribution in [2.24, 2.45) is 0 Å². The molecular weight excluding hydrogens is 236 g/mol. The van der Waals surface area contributed by atoms with E-state index >= 15 is 0 Å². The maximum absolute atomic E-state index is 11.6. The molecule has 0 saturated heterocycles. The third kappa shape index (κ3) is 2.68. The topological polar surface area (TPSA) is 65.7 Å².